The van der Waals surface area contributed by atoms with Crippen LogP contribution in [0.4, 0.5) is 5.82 Å². The van der Waals surface area contributed by atoms with E-state index in [4.69, 9.17) is 58.3 Å². The molecule has 0 spiro atoms. The number of likely N-dealkylation sites (tertiary alicyclic amines) is 1. The molecule has 0 bridgehead atoms. The number of β-amino-alcohol motifs (C(OH)–C–C–N with tert-alkyl or cyclic N) is 1. The van der Waals surface area contributed by atoms with Gasteiger partial charge in [0, 0.05) is 97.6 Å². The Labute approximate surface area is 601 Å². The molecule has 103 heavy (non-hydrogen) atoms. The number of carbonyl (C=O) groups is 8. The molecule has 0 saturated carbocycles. The number of hydrogen-bond donors (Lipinski definition) is 15. The number of amides is 8. The van der Waals surface area contributed by atoms with Gasteiger partial charge in [0.1, 0.15) is 5.54 Å². The molecule has 2 fully saturated rings. The van der Waals surface area contributed by atoms with Gasteiger partial charge in [-0.2, -0.15) is 0 Å². The number of nitrogens with two attached hydrogens (primary N) is 1. The molecule has 2 saturated heterocycles. The summed E-state index contributed by atoms with van der Waals surface area (Å²) in [7, 11) is -8.35. The zero-order valence-electron chi connectivity index (χ0n) is 59.9. The Morgan fingerprint density at radius 3 is 1.52 bits per heavy atom. The third-order valence-corrected chi connectivity index (χ3v) is 20.1. The number of nitrogen functional groups attached to an aromatic ring is 1. The summed E-state index contributed by atoms with van der Waals surface area (Å²) < 4.78 is 61.1. The fraction of sp³-hybridized carbons (Fsp3) is 0.797. The van der Waals surface area contributed by atoms with Crippen LogP contribution in [0.25, 0.3) is 11.2 Å². The van der Waals surface area contributed by atoms with E-state index in [0.717, 1.165) is 0 Å². The fourth-order valence-electron chi connectivity index (χ4n) is 10.8. The van der Waals surface area contributed by atoms with Gasteiger partial charge in [-0.05, 0) is 57.8 Å². The third-order valence-electron chi connectivity index (χ3n) is 16.9. The van der Waals surface area contributed by atoms with Crippen molar-refractivity contribution in [3.63, 3.8) is 0 Å². The fourth-order valence-corrected chi connectivity index (χ4v) is 12.8. The summed E-state index contributed by atoms with van der Waals surface area (Å²) in [5.41, 5.74) is 5.12. The summed E-state index contributed by atoms with van der Waals surface area (Å²) in [6, 6.07) is -0.794. The number of methoxy groups -OCH3 is 1. The molecule has 4 heterocycles. The number of nitrogens with zero attached hydrogens (tertiary/aromatic N) is 5. The Morgan fingerprint density at radius 1 is 0.612 bits per heavy atom. The number of anilines is 1. The van der Waals surface area contributed by atoms with Crippen LogP contribution in [-0.2, 0) is 80.2 Å². The minimum Gasteiger partial charge on any atom is -0.396 e. The number of imidazole rings is 1. The minimum absolute atomic E-state index is 0.00163. The number of aliphatic hydroxyl groups is 4. The van der Waals surface area contributed by atoms with Crippen LogP contribution in [0.15, 0.2) is 12.7 Å². The van der Waals surface area contributed by atoms with Crippen molar-refractivity contribution >= 4 is 80.0 Å². The van der Waals surface area contributed by atoms with Gasteiger partial charge in [0.05, 0.1) is 39.6 Å². The van der Waals surface area contributed by atoms with Crippen LogP contribution in [0.3, 0.4) is 0 Å². The van der Waals surface area contributed by atoms with Crippen LogP contribution < -0.4 is 43.0 Å². The quantitative estimate of drug-likeness (QED) is 0.0301. The number of rotatable bonds is 58. The zero-order chi connectivity index (χ0) is 75.5. The first-order chi connectivity index (χ1) is 49.3. The molecule has 0 aromatic carbocycles. The number of nitrogens with one attached hydrogen (secondary N) is 7. The first-order valence-corrected chi connectivity index (χ1v) is 38.9. The molecule has 590 valence electrons. The van der Waals surface area contributed by atoms with Crippen LogP contribution >= 0.6 is 15.8 Å². The third kappa shape index (κ3) is 35.4. The number of aromatic nitrogens is 4. The SMILES string of the molecule is COC(C)(C)P(=O)(O)OC[C@H]1O[C@@H](n2cnc3c(N)ncnc32)C[C@@H]1O[PH](O)(O)OC[C@@H]1C[C@@H](O)CN1C(=O)CCCCCCC(=O)NC(COCCC(=O)NCCCNC(=O)CCCCO)(COCCC(=O)NCCCNC(=O)CCCCO)COCCC(=O)NCCCNC(=O)CCCCO. The summed E-state index contributed by atoms with van der Waals surface area (Å²) in [4.78, 5) is 150. The Morgan fingerprint density at radius 2 is 1.06 bits per heavy atom. The van der Waals surface area contributed by atoms with Gasteiger partial charge in [0.25, 0.3) is 0 Å². The van der Waals surface area contributed by atoms with Gasteiger partial charge in [-0.15, -0.1) is 0 Å². The first-order valence-electron chi connectivity index (χ1n) is 35.6. The van der Waals surface area contributed by atoms with Crippen molar-refractivity contribution in [3.8, 4) is 0 Å². The van der Waals surface area contributed by atoms with E-state index in [1.807, 2.05) is 0 Å². The second kappa shape index (κ2) is 49.1. The number of ether oxygens (including phenoxy) is 5. The second-order valence-electron chi connectivity index (χ2n) is 25.9. The van der Waals surface area contributed by atoms with Crippen molar-refractivity contribution in [3.05, 3.63) is 12.7 Å². The Kier molecular flexibility index (Phi) is 42.7. The Hall–Kier alpha value is -5.83. The van der Waals surface area contributed by atoms with Gasteiger partial charge in [-0.3, -0.25) is 33.6 Å². The van der Waals surface area contributed by atoms with Gasteiger partial charge in [-0.25, -0.2) is 0 Å². The van der Waals surface area contributed by atoms with Crippen molar-refractivity contribution in [2.45, 2.75) is 203 Å². The molecule has 6 atom stereocenters. The van der Waals surface area contributed by atoms with E-state index in [9.17, 15) is 62.7 Å². The Balaban J connectivity index is 1.36. The monoisotopic (exact) mass is 1510 g/mol. The van der Waals surface area contributed by atoms with Crippen molar-refractivity contribution in [1.29, 1.82) is 0 Å². The number of aliphatic hydroxyl groups excluding tert-OH is 4. The molecule has 16 N–H and O–H groups in total. The summed E-state index contributed by atoms with van der Waals surface area (Å²) in [5, 5.41) is 55.7. The number of carbonyl (C=O) groups excluding carboxylic acids is 8. The van der Waals surface area contributed by atoms with Crippen molar-refractivity contribution in [2.75, 3.05) is 131 Å². The predicted molar refractivity (Wildman–Crippen MR) is 374 cm³/mol. The molecule has 0 radical (unpaired) electrons. The first kappa shape index (κ1) is 89.6. The van der Waals surface area contributed by atoms with Gasteiger partial charge in [0.15, 0.2) is 0 Å². The molecule has 8 amide bonds. The van der Waals surface area contributed by atoms with Crippen molar-refractivity contribution in [1.82, 2.24) is 61.6 Å². The number of hydrogen-bond acceptors (Lipinski definition) is 27. The molecule has 39 heteroatoms. The number of fused-ring (bicyclic) bond motifs is 1. The maximum atomic E-state index is 14.0. The smallest absolute Gasteiger partial charge is 0.396 e. The molecule has 2 aromatic rings. The van der Waals surface area contributed by atoms with Crippen LogP contribution in [-0.4, -0.2) is 268 Å². The van der Waals surface area contributed by atoms with Crippen LogP contribution in [0.5, 0.6) is 0 Å². The van der Waals surface area contributed by atoms with Gasteiger partial charge in [0.2, 0.25) is 35.4 Å². The van der Waals surface area contributed by atoms with E-state index >= 15 is 0 Å². The van der Waals surface area contributed by atoms with E-state index in [-0.39, 0.29) is 208 Å². The van der Waals surface area contributed by atoms with Crippen molar-refractivity contribution < 1.29 is 115 Å². The van der Waals surface area contributed by atoms with Gasteiger partial charge < -0.3 is 66.7 Å². The molecule has 2 aliphatic heterocycles. The van der Waals surface area contributed by atoms with Crippen LogP contribution in [0.2, 0.25) is 0 Å². The molecular weight excluding hydrogens is 1400 g/mol. The molecule has 2 aromatic heterocycles. The van der Waals surface area contributed by atoms with E-state index in [1.54, 1.807) is 0 Å². The van der Waals surface area contributed by atoms with Crippen molar-refractivity contribution in [2.24, 2.45) is 0 Å². The summed E-state index contributed by atoms with van der Waals surface area (Å²) in [6.45, 7) is 2.41. The van der Waals surface area contributed by atoms with Gasteiger partial charge in [-0.1, -0.05) is 0 Å². The number of unbranched alkanes of at least 4 members (excludes halogenated alkanes) is 6. The average Bonchev–Trinajstić information content (AvgIpc) is 1.63. The molecule has 4 rings (SSSR count). The second-order valence-corrected chi connectivity index (χ2v) is 29.9. The summed E-state index contributed by atoms with van der Waals surface area (Å²) in [6.07, 6.45) is 5.26. The summed E-state index contributed by atoms with van der Waals surface area (Å²) in [5.74, 6) is -2.18. The van der Waals surface area contributed by atoms with Crippen LogP contribution in [0, 0.1) is 0 Å². The standard InChI is InChI=1S/C64H115N13O24P2/c1-63(2,94-3)102(90,91)98-41-50-49(38-59(100-50)77-46-74-60-61(65)72-45-73-62(60)77)101-103(92,93)99-40-47-37-48(81)39-76(47)58(89)21-7-5-4-6-20-57(88)75-64(42-95-34-22-54(85)69-28-14-25-66-51(82)17-8-11-31-78,43-96-35-23-55(86)70-29-15-26-67-52(83)18-9-12-32-79)44-97-36-24-56(87)71-30-16-27-68-53(84)19-10-13-33-80/h45-50,59,78-81,92-93,103H,4-44H2,1-3H3,(H,66,82)(H,67,83)(H,68,84)(H,69,85)(H,70,86)(H,71,87)(H,75,88)(H,90,91)(H2,65,72,73)/t47-,48+,49-,50+,59+/m0/s1. The maximum absolute atomic E-state index is 14.0. The molecule has 1 unspecified atom stereocenters. The molecule has 0 aliphatic carbocycles. The van der Waals surface area contributed by atoms with Crippen LogP contribution in [0.1, 0.15) is 168 Å². The summed E-state index contributed by atoms with van der Waals surface area (Å²) >= 11 is 0. The Bertz CT molecular complexity index is 2800. The van der Waals surface area contributed by atoms with E-state index in [0.29, 0.717) is 103 Å². The normalized spacial score (nSPS) is 17.8. The molecular formula is C64H115N13O24P2. The topological polar surface area (TPSA) is 526 Å². The van der Waals surface area contributed by atoms with Gasteiger partial charge >= 0.3 is 268 Å². The van der Waals surface area contributed by atoms with E-state index < -0.39 is 76.3 Å². The average molecular weight is 1510 g/mol. The predicted octanol–water partition coefficient (Wildman–Crippen LogP) is -0.190. The van der Waals surface area contributed by atoms with E-state index in [2.05, 4.69) is 52.2 Å². The minimum atomic E-state index is -5.12. The molecule has 37 nitrogen and oxygen atoms in total. The zero-order valence-corrected chi connectivity index (χ0v) is 61.8. The molecule has 2 aliphatic rings. The van der Waals surface area contributed by atoms with E-state index in [1.165, 1.54) is 43.1 Å².